The van der Waals surface area contributed by atoms with E-state index in [1.54, 1.807) is 0 Å². The molecule has 0 unspecified atom stereocenters. The van der Waals surface area contributed by atoms with E-state index in [0.717, 1.165) is 36.2 Å². The lowest BCUT2D eigenvalue weighted by atomic mass is 10.1. The number of hydrogen-bond donors (Lipinski definition) is 0. The lowest BCUT2D eigenvalue weighted by Gasteiger charge is -2.11. The van der Waals surface area contributed by atoms with Crippen molar-refractivity contribution in [3.8, 4) is 0 Å². The molecule has 4 heteroatoms. The van der Waals surface area contributed by atoms with Gasteiger partial charge in [-0.05, 0) is 69.0 Å². The fourth-order valence-electron chi connectivity index (χ4n) is 4.09. The molecule has 3 aromatic carbocycles. The fourth-order valence-corrected chi connectivity index (χ4v) is 4.09. The Morgan fingerprint density at radius 3 is 2.57 bits per heavy atom. The van der Waals surface area contributed by atoms with Crippen LogP contribution in [0, 0.1) is 0 Å². The Bertz CT molecular complexity index is 1320. The first-order valence-corrected chi connectivity index (χ1v) is 10.4. The molecule has 2 aromatic heterocycles. The number of benzene rings is 3. The molecule has 0 bridgehead atoms. The molecule has 0 spiro atoms. The van der Waals surface area contributed by atoms with Gasteiger partial charge in [-0.3, -0.25) is 0 Å². The van der Waals surface area contributed by atoms with Crippen LogP contribution in [-0.2, 0) is 6.54 Å². The van der Waals surface area contributed by atoms with Crippen LogP contribution in [0.4, 0.5) is 0 Å². The highest BCUT2D eigenvalue weighted by atomic mass is 16.3. The number of para-hydroxylation sites is 3. The average molecular weight is 396 g/mol. The summed E-state index contributed by atoms with van der Waals surface area (Å²) in [7, 11) is 4.25. The van der Waals surface area contributed by atoms with E-state index in [1.165, 1.54) is 21.8 Å². The second-order valence-corrected chi connectivity index (χ2v) is 7.96. The van der Waals surface area contributed by atoms with Crippen LogP contribution in [0.2, 0.25) is 0 Å². The summed E-state index contributed by atoms with van der Waals surface area (Å²) < 4.78 is 8.26. The summed E-state index contributed by atoms with van der Waals surface area (Å²) in [6.45, 7) is 2.10. The summed E-state index contributed by atoms with van der Waals surface area (Å²) in [6, 6.07) is 23.2. The molecule has 0 aliphatic rings. The van der Waals surface area contributed by atoms with Crippen LogP contribution in [0.1, 0.15) is 17.9 Å². The van der Waals surface area contributed by atoms with Crippen LogP contribution >= 0.6 is 0 Å². The standard InChI is InChI=1S/C26H25N3O/c1-28(2)16-7-17-29-23-10-5-3-8-20(23)21-18-19(12-14-24(21)29)13-15-26-27-22-9-4-6-11-25(22)30-26/h3-6,8-15,18H,7,16-17H2,1-2H3/b15-13+. The first-order valence-electron chi connectivity index (χ1n) is 10.4. The molecule has 0 fully saturated rings. The zero-order valence-electron chi connectivity index (χ0n) is 17.4. The van der Waals surface area contributed by atoms with E-state index in [0.29, 0.717) is 5.89 Å². The van der Waals surface area contributed by atoms with Gasteiger partial charge in [0.1, 0.15) is 5.52 Å². The molecule has 0 saturated heterocycles. The molecule has 0 aliphatic heterocycles. The molecule has 5 aromatic rings. The largest absolute Gasteiger partial charge is 0.437 e. The van der Waals surface area contributed by atoms with E-state index in [2.05, 4.69) is 77.1 Å². The van der Waals surface area contributed by atoms with Crippen LogP contribution in [0.5, 0.6) is 0 Å². The lowest BCUT2D eigenvalue weighted by Crippen LogP contribution is -2.15. The first kappa shape index (κ1) is 18.6. The Hall–Kier alpha value is -3.37. The second-order valence-electron chi connectivity index (χ2n) is 7.96. The topological polar surface area (TPSA) is 34.2 Å². The predicted octanol–water partition coefficient (Wildman–Crippen LogP) is 6.06. The second kappa shape index (κ2) is 7.81. The molecular formula is C26H25N3O. The van der Waals surface area contributed by atoms with E-state index in [4.69, 9.17) is 4.42 Å². The summed E-state index contributed by atoms with van der Waals surface area (Å²) in [5, 5.41) is 2.59. The van der Waals surface area contributed by atoms with E-state index in [-0.39, 0.29) is 0 Å². The number of nitrogens with zero attached hydrogens (tertiary/aromatic N) is 3. The van der Waals surface area contributed by atoms with Crippen molar-refractivity contribution in [3.05, 3.63) is 78.2 Å². The van der Waals surface area contributed by atoms with Crippen LogP contribution in [0.25, 0.3) is 45.1 Å². The Morgan fingerprint density at radius 2 is 1.70 bits per heavy atom. The Morgan fingerprint density at radius 1 is 0.900 bits per heavy atom. The summed E-state index contributed by atoms with van der Waals surface area (Å²) in [6.07, 6.45) is 5.14. The van der Waals surface area contributed by atoms with Gasteiger partial charge in [-0.2, -0.15) is 0 Å². The van der Waals surface area contributed by atoms with Gasteiger partial charge in [0.25, 0.3) is 0 Å². The Balaban J connectivity index is 1.51. The van der Waals surface area contributed by atoms with Crippen molar-refractivity contribution in [3.63, 3.8) is 0 Å². The van der Waals surface area contributed by atoms with Crippen LogP contribution in [0.3, 0.4) is 0 Å². The Kier molecular flexibility index (Phi) is 4.85. The highest BCUT2D eigenvalue weighted by molar-refractivity contribution is 6.08. The van der Waals surface area contributed by atoms with Gasteiger partial charge in [0.2, 0.25) is 5.89 Å². The van der Waals surface area contributed by atoms with Crippen molar-refractivity contribution in [2.45, 2.75) is 13.0 Å². The first-order chi connectivity index (χ1) is 14.7. The van der Waals surface area contributed by atoms with Crippen LogP contribution < -0.4 is 0 Å². The molecule has 5 rings (SSSR count). The number of rotatable bonds is 6. The van der Waals surface area contributed by atoms with Gasteiger partial charge in [0.05, 0.1) is 0 Å². The van der Waals surface area contributed by atoms with Crippen LogP contribution in [0.15, 0.2) is 71.1 Å². The number of aryl methyl sites for hydroxylation is 1. The minimum atomic E-state index is 0.627. The van der Waals surface area contributed by atoms with E-state index < -0.39 is 0 Å². The van der Waals surface area contributed by atoms with Crippen molar-refractivity contribution in [1.29, 1.82) is 0 Å². The molecule has 0 N–H and O–H groups in total. The molecular weight excluding hydrogens is 370 g/mol. The van der Waals surface area contributed by atoms with Gasteiger partial charge in [0, 0.05) is 34.4 Å². The third-order valence-corrected chi connectivity index (χ3v) is 5.51. The Labute approximate surface area is 176 Å². The molecule has 4 nitrogen and oxygen atoms in total. The van der Waals surface area contributed by atoms with Gasteiger partial charge in [-0.25, -0.2) is 4.98 Å². The maximum atomic E-state index is 5.81. The normalized spacial score (nSPS) is 12.2. The van der Waals surface area contributed by atoms with Crippen molar-refractivity contribution >= 4 is 45.1 Å². The third-order valence-electron chi connectivity index (χ3n) is 5.51. The van der Waals surface area contributed by atoms with E-state index >= 15 is 0 Å². The zero-order chi connectivity index (χ0) is 20.5. The highest BCUT2D eigenvalue weighted by Gasteiger charge is 2.10. The summed E-state index contributed by atoms with van der Waals surface area (Å²) in [5.74, 6) is 0.627. The van der Waals surface area contributed by atoms with Gasteiger partial charge in [0.15, 0.2) is 5.58 Å². The number of fused-ring (bicyclic) bond motifs is 4. The monoisotopic (exact) mass is 395 g/mol. The van der Waals surface area contributed by atoms with Crippen molar-refractivity contribution in [2.24, 2.45) is 0 Å². The number of aromatic nitrogens is 2. The lowest BCUT2D eigenvalue weighted by molar-refractivity contribution is 0.389. The zero-order valence-corrected chi connectivity index (χ0v) is 17.4. The van der Waals surface area contributed by atoms with Crippen molar-refractivity contribution in [2.75, 3.05) is 20.6 Å². The van der Waals surface area contributed by atoms with Crippen molar-refractivity contribution < 1.29 is 4.42 Å². The fraction of sp³-hybridized carbons (Fsp3) is 0.192. The SMILES string of the molecule is CN(C)CCCn1c2ccccc2c2cc(/C=C/c3nc4ccccc4o3)ccc21. The van der Waals surface area contributed by atoms with Gasteiger partial charge >= 0.3 is 0 Å². The average Bonchev–Trinajstić information content (AvgIpc) is 3.31. The maximum absolute atomic E-state index is 5.81. The van der Waals surface area contributed by atoms with E-state index in [1.807, 2.05) is 30.3 Å². The summed E-state index contributed by atoms with van der Waals surface area (Å²) >= 11 is 0. The molecule has 0 atom stereocenters. The quantitative estimate of drug-likeness (QED) is 0.351. The predicted molar refractivity (Wildman–Crippen MR) is 126 cm³/mol. The number of hydrogen-bond acceptors (Lipinski definition) is 3. The molecule has 0 saturated carbocycles. The molecule has 0 amide bonds. The third kappa shape index (κ3) is 3.51. The molecule has 2 heterocycles. The molecule has 30 heavy (non-hydrogen) atoms. The van der Waals surface area contributed by atoms with Crippen molar-refractivity contribution in [1.82, 2.24) is 14.5 Å². The van der Waals surface area contributed by atoms with E-state index in [9.17, 15) is 0 Å². The van der Waals surface area contributed by atoms with Gasteiger partial charge < -0.3 is 13.9 Å². The highest BCUT2D eigenvalue weighted by Crippen LogP contribution is 2.30. The molecule has 150 valence electrons. The maximum Gasteiger partial charge on any atom is 0.220 e. The minimum absolute atomic E-state index is 0.627. The smallest absolute Gasteiger partial charge is 0.220 e. The summed E-state index contributed by atoms with van der Waals surface area (Å²) in [4.78, 5) is 6.77. The minimum Gasteiger partial charge on any atom is -0.437 e. The molecule has 0 radical (unpaired) electrons. The summed E-state index contributed by atoms with van der Waals surface area (Å²) in [5.41, 5.74) is 5.42. The molecule has 0 aliphatic carbocycles. The van der Waals surface area contributed by atoms with Gasteiger partial charge in [-0.1, -0.05) is 36.4 Å². The van der Waals surface area contributed by atoms with Crippen LogP contribution in [-0.4, -0.2) is 35.1 Å². The number of oxazole rings is 1. The van der Waals surface area contributed by atoms with Gasteiger partial charge in [-0.15, -0.1) is 0 Å².